The molecule has 0 fully saturated rings. The summed E-state index contributed by atoms with van der Waals surface area (Å²) in [7, 11) is -2.11. The first-order valence-corrected chi connectivity index (χ1v) is 10.5. The summed E-state index contributed by atoms with van der Waals surface area (Å²) in [5.74, 6) is -0.146. The Kier molecular flexibility index (Phi) is 7.56. The predicted octanol–water partition coefficient (Wildman–Crippen LogP) is 4.12. The second-order valence-electron chi connectivity index (χ2n) is 5.78. The molecule has 26 heavy (non-hydrogen) atoms. The van der Waals surface area contributed by atoms with Gasteiger partial charge in [-0.25, -0.2) is 4.79 Å². The maximum absolute atomic E-state index is 12.6. The molecule has 3 aromatic carbocycles. The van der Waals surface area contributed by atoms with Crippen LogP contribution in [0.3, 0.4) is 0 Å². The molecule has 0 radical (unpaired) electrons. The third-order valence-corrected chi connectivity index (χ3v) is 8.53. The molecule has 0 aliphatic carbocycles. The molecule has 0 aliphatic heterocycles. The number of ether oxygens (including phenoxy) is 1. The molecule has 0 aromatic heterocycles. The molecule has 0 aliphatic rings. The van der Waals surface area contributed by atoms with Crippen LogP contribution in [0.5, 0.6) is 0 Å². The van der Waals surface area contributed by atoms with Crippen molar-refractivity contribution in [2.45, 2.75) is 6.92 Å². The van der Waals surface area contributed by atoms with E-state index < -0.39 is 7.26 Å². The summed E-state index contributed by atoms with van der Waals surface area (Å²) in [6.45, 7) is 2.25. The van der Waals surface area contributed by atoms with Crippen LogP contribution in [0.15, 0.2) is 91.0 Å². The summed E-state index contributed by atoms with van der Waals surface area (Å²) >= 11 is 0. The highest BCUT2D eigenvalue weighted by Crippen LogP contribution is 2.55. The minimum absolute atomic E-state index is 0. The minimum atomic E-state index is -2.11. The molecule has 2 nitrogen and oxygen atoms in total. The molecule has 3 rings (SSSR count). The molecule has 0 bridgehead atoms. The third kappa shape index (κ3) is 4.23. The lowest BCUT2D eigenvalue weighted by Crippen LogP contribution is -2.36. The first-order valence-electron chi connectivity index (χ1n) is 8.48. The number of hydrogen-bond donors (Lipinski definition) is 0. The summed E-state index contributed by atoms with van der Waals surface area (Å²) in [6.07, 6.45) is 0.374. The molecule has 0 saturated heterocycles. The fourth-order valence-electron chi connectivity index (χ4n) is 3.17. The highest BCUT2D eigenvalue weighted by molar-refractivity contribution is 8.93. The van der Waals surface area contributed by atoms with Crippen LogP contribution in [-0.2, 0) is 9.53 Å². The standard InChI is InChI=1S/C22H22O2P.BrH/c1-2-24-22(23)18-25(19-12-6-3-7-13-19,20-14-8-4-9-15-20)21-16-10-5-11-17-21;/h3-17H,2,18H2,1H3;1H/q+1;. The average molecular weight is 430 g/mol. The van der Waals surface area contributed by atoms with Gasteiger partial charge in [0, 0.05) is 0 Å². The maximum atomic E-state index is 12.6. The average Bonchev–Trinajstić information content (AvgIpc) is 2.68. The quantitative estimate of drug-likeness (QED) is 0.435. The number of carbonyl (C=O) groups excluding carboxylic acids is 1. The molecule has 0 amide bonds. The monoisotopic (exact) mass is 429 g/mol. The number of benzene rings is 3. The first-order chi connectivity index (χ1) is 12.3. The summed E-state index contributed by atoms with van der Waals surface area (Å²) in [5.41, 5.74) is 0. The smallest absolute Gasteiger partial charge is 0.345 e. The summed E-state index contributed by atoms with van der Waals surface area (Å²) in [6, 6.07) is 31.1. The van der Waals surface area contributed by atoms with Crippen molar-refractivity contribution in [3.05, 3.63) is 91.0 Å². The van der Waals surface area contributed by atoms with E-state index in [1.54, 1.807) is 0 Å². The van der Waals surface area contributed by atoms with Crippen molar-refractivity contribution < 1.29 is 9.53 Å². The Labute approximate surface area is 166 Å². The topological polar surface area (TPSA) is 26.3 Å². The van der Waals surface area contributed by atoms with Crippen molar-refractivity contribution in [3.63, 3.8) is 0 Å². The zero-order valence-corrected chi connectivity index (χ0v) is 17.4. The Bertz CT molecular complexity index is 711. The molecular weight excluding hydrogens is 407 g/mol. The SMILES string of the molecule is Br.CCOC(=O)C[P+](c1ccccc1)(c1ccccc1)c1ccccc1. The normalized spacial score (nSPS) is 10.7. The van der Waals surface area contributed by atoms with Crippen molar-refractivity contribution in [2.24, 2.45) is 0 Å². The molecule has 0 spiro atoms. The minimum Gasteiger partial charge on any atom is -0.463 e. The lowest BCUT2D eigenvalue weighted by atomic mass is 10.4. The molecular formula is C22H23BrO2P+. The van der Waals surface area contributed by atoms with E-state index >= 15 is 0 Å². The van der Waals surface area contributed by atoms with E-state index in [-0.39, 0.29) is 23.0 Å². The van der Waals surface area contributed by atoms with Crippen molar-refractivity contribution >= 4 is 46.1 Å². The molecule has 0 unspecified atom stereocenters. The van der Waals surface area contributed by atoms with Gasteiger partial charge in [0.05, 0.1) is 6.61 Å². The fourth-order valence-corrected chi connectivity index (χ4v) is 7.13. The van der Waals surface area contributed by atoms with Gasteiger partial charge in [-0.2, -0.15) is 0 Å². The molecule has 4 heteroatoms. The zero-order valence-electron chi connectivity index (χ0n) is 14.7. The van der Waals surface area contributed by atoms with Gasteiger partial charge < -0.3 is 4.74 Å². The summed E-state index contributed by atoms with van der Waals surface area (Å²) < 4.78 is 5.35. The van der Waals surface area contributed by atoms with Gasteiger partial charge in [0.25, 0.3) is 0 Å². The van der Waals surface area contributed by atoms with Gasteiger partial charge in [0.1, 0.15) is 23.2 Å². The summed E-state index contributed by atoms with van der Waals surface area (Å²) in [4.78, 5) is 12.6. The van der Waals surface area contributed by atoms with E-state index in [0.29, 0.717) is 12.8 Å². The van der Waals surface area contributed by atoms with Gasteiger partial charge >= 0.3 is 5.97 Å². The third-order valence-electron chi connectivity index (χ3n) is 4.26. The van der Waals surface area contributed by atoms with Crippen molar-refractivity contribution in [1.82, 2.24) is 0 Å². The first kappa shape index (κ1) is 20.4. The van der Waals surface area contributed by atoms with Crippen LogP contribution in [0.25, 0.3) is 0 Å². The van der Waals surface area contributed by atoms with Gasteiger partial charge in [-0.3, -0.25) is 0 Å². The molecule has 0 saturated carbocycles. The Morgan fingerprint density at radius 3 is 1.38 bits per heavy atom. The number of rotatable bonds is 6. The largest absolute Gasteiger partial charge is 0.463 e. The Balaban J connectivity index is 0.00000243. The Morgan fingerprint density at radius 1 is 0.731 bits per heavy atom. The van der Waals surface area contributed by atoms with Crippen molar-refractivity contribution in [3.8, 4) is 0 Å². The van der Waals surface area contributed by atoms with E-state index in [9.17, 15) is 4.79 Å². The summed E-state index contributed by atoms with van der Waals surface area (Å²) in [5, 5.41) is 3.58. The van der Waals surface area contributed by atoms with Gasteiger partial charge in [0.2, 0.25) is 0 Å². The van der Waals surface area contributed by atoms with Crippen LogP contribution < -0.4 is 15.9 Å². The second-order valence-corrected chi connectivity index (χ2v) is 9.26. The Morgan fingerprint density at radius 2 is 1.08 bits per heavy atom. The van der Waals surface area contributed by atoms with Crippen LogP contribution in [0, 0.1) is 0 Å². The fraction of sp³-hybridized carbons (Fsp3) is 0.136. The van der Waals surface area contributed by atoms with Gasteiger partial charge in [-0.1, -0.05) is 54.6 Å². The number of halogens is 1. The molecule has 0 N–H and O–H groups in total. The van der Waals surface area contributed by atoms with Gasteiger partial charge in [0.15, 0.2) is 6.16 Å². The van der Waals surface area contributed by atoms with Crippen LogP contribution in [0.4, 0.5) is 0 Å². The highest BCUT2D eigenvalue weighted by atomic mass is 79.9. The van der Waals surface area contributed by atoms with Crippen LogP contribution >= 0.6 is 24.2 Å². The maximum Gasteiger partial charge on any atom is 0.345 e. The van der Waals surface area contributed by atoms with E-state index in [1.165, 1.54) is 15.9 Å². The Hall–Kier alpha value is -1.96. The highest BCUT2D eigenvalue weighted by Gasteiger charge is 2.47. The lowest BCUT2D eigenvalue weighted by molar-refractivity contribution is -0.139. The van der Waals surface area contributed by atoms with Crippen LogP contribution in [0.1, 0.15) is 6.92 Å². The van der Waals surface area contributed by atoms with Crippen molar-refractivity contribution in [1.29, 1.82) is 0 Å². The number of hydrogen-bond acceptors (Lipinski definition) is 2. The molecule has 0 atom stereocenters. The zero-order chi connectivity index (χ0) is 17.5. The molecule has 0 heterocycles. The number of esters is 1. The van der Waals surface area contributed by atoms with E-state index in [4.69, 9.17) is 4.74 Å². The number of carbonyl (C=O) groups is 1. The van der Waals surface area contributed by atoms with Crippen LogP contribution in [0.2, 0.25) is 0 Å². The predicted molar refractivity (Wildman–Crippen MR) is 117 cm³/mol. The molecule has 134 valence electrons. The second kappa shape index (κ2) is 9.66. The van der Waals surface area contributed by atoms with E-state index in [2.05, 4.69) is 36.4 Å². The van der Waals surface area contributed by atoms with E-state index in [0.717, 1.165) is 0 Å². The molecule has 3 aromatic rings. The van der Waals surface area contributed by atoms with Gasteiger partial charge in [-0.05, 0) is 43.3 Å². The van der Waals surface area contributed by atoms with Gasteiger partial charge in [-0.15, -0.1) is 17.0 Å². The van der Waals surface area contributed by atoms with Crippen LogP contribution in [-0.4, -0.2) is 18.7 Å². The van der Waals surface area contributed by atoms with Crippen molar-refractivity contribution in [2.75, 3.05) is 12.8 Å². The lowest BCUT2D eigenvalue weighted by Gasteiger charge is -2.26. The van der Waals surface area contributed by atoms with E-state index in [1.807, 2.05) is 61.5 Å².